The first-order valence-electron chi connectivity index (χ1n) is 9.66. The van der Waals surface area contributed by atoms with Gasteiger partial charge in [-0.1, -0.05) is 64.7 Å². The molecule has 1 aromatic carbocycles. The molecule has 0 aromatic heterocycles. The molecule has 26 heavy (non-hydrogen) atoms. The zero-order valence-corrected chi connectivity index (χ0v) is 19.5. The molecule has 1 unspecified atom stereocenters. The van der Waals surface area contributed by atoms with Gasteiger partial charge < -0.3 is 9.74 Å². The largest absolute Gasteiger partial charge is 0.409 e. The van der Waals surface area contributed by atoms with Crippen molar-refractivity contribution in [2.24, 2.45) is 5.41 Å². The molecule has 0 aliphatic carbocycles. The fourth-order valence-electron chi connectivity index (χ4n) is 3.03. The molecular formula is C20H34Cl2FNOSi. The summed E-state index contributed by atoms with van der Waals surface area (Å²) >= 11 is 12.7. The monoisotopic (exact) mass is 421 g/mol. The average Bonchev–Trinajstić information content (AvgIpc) is 2.58. The zero-order chi connectivity index (χ0) is 20.0. The van der Waals surface area contributed by atoms with Crippen LogP contribution in [0.2, 0.25) is 28.2 Å². The van der Waals surface area contributed by atoms with Crippen LogP contribution in [0.3, 0.4) is 0 Å². The van der Waals surface area contributed by atoms with Gasteiger partial charge in [0.25, 0.3) is 0 Å². The Hall–Kier alpha value is -0.133. The van der Waals surface area contributed by atoms with Gasteiger partial charge in [0.1, 0.15) is 5.82 Å². The second kappa shape index (κ2) is 10.4. The fraction of sp³-hybridized carbons (Fsp3) is 0.700. The number of nitrogens with one attached hydrogen (secondary N) is 1. The molecule has 2 nitrogen and oxygen atoms in total. The molecule has 0 saturated heterocycles. The minimum Gasteiger partial charge on any atom is -0.409 e. The molecule has 0 heterocycles. The first-order chi connectivity index (χ1) is 12.1. The van der Waals surface area contributed by atoms with Crippen LogP contribution >= 0.6 is 23.2 Å². The highest BCUT2D eigenvalue weighted by Gasteiger charge is 2.34. The smallest absolute Gasteiger partial charge is 0.192 e. The Morgan fingerprint density at radius 2 is 1.58 bits per heavy atom. The molecule has 1 atom stereocenters. The van der Waals surface area contributed by atoms with Crippen LogP contribution in [0.15, 0.2) is 12.1 Å². The van der Waals surface area contributed by atoms with Crippen molar-refractivity contribution < 1.29 is 8.82 Å². The van der Waals surface area contributed by atoms with Gasteiger partial charge >= 0.3 is 0 Å². The van der Waals surface area contributed by atoms with E-state index in [0.29, 0.717) is 22.2 Å². The molecule has 1 N–H and O–H groups in total. The van der Waals surface area contributed by atoms with Gasteiger partial charge in [0, 0.05) is 18.7 Å². The van der Waals surface area contributed by atoms with Gasteiger partial charge in [0.15, 0.2) is 8.32 Å². The lowest BCUT2D eigenvalue weighted by molar-refractivity contribution is 0.179. The van der Waals surface area contributed by atoms with E-state index in [1.54, 1.807) is 0 Å². The van der Waals surface area contributed by atoms with Crippen molar-refractivity contribution in [3.8, 4) is 0 Å². The lowest BCUT2D eigenvalue weighted by Gasteiger charge is -2.35. The summed E-state index contributed by atoms with van der Waals surface area (Å²) in [6.45, 7) is 14.7. The summed E-state index contributed by atoms with van der Waals surface area (Å²) in [5.74, 6) is -0.424. The Labute approximate surface area is 169 Å². The second-order valence-electron chi connectivity index (χ2n) is 7.78. The van der Waals surface area contributed by atoms with Crippen LogP contribution in [-0.2, 0) is 4.43 Å². The van der Waals surface area contributed by atoms with Crippen LogP contribution in [0.4, 0.5) is 4.39 Å². The normalized spacial score (nSPS) is 13.9. The van der Waals surface area contributed by atoms with Crippen molar-refractivity contribution in [3.05, 3.63) is 33.6 Å². The van der Waals surface area contributed by atoms with E-state index in [4.69, 9.17) is 27.6 Å². The van der Waals surface area contributed by atoms with E-state index in [-0.39, 0.29) is 11.5 Å². The Bertz CT molecular complexity index is 548. The fourth-order valence-corrected chi connectivity index (χ4v) is 6.54. The number of hydrogen-bond donors (Lipinski definition) is 1. The molecule has 0 aliphatic heterocycles. The molecule has 0 bridgehead atoms. The van der Waals surface area contributed by atoms with Gasteiger partial charge in [-0.3, -0.25) is 0 Å². The van der Waals surface area contributed by atoms with E-state index in [0.717, 1.165) is 31.1 Å². The Morgan fingerprint density at radius 3 is 2.00 bits per heavy atom. The van der Waals surface area contributed by atoms with Gasteiger partial charge in [0.05, 0.1) is 16.1 Å². The number of benzene rings is 1. The van der Waals surface area contributed by atoms with Crippen molar-refractivity contribution >= 4 is 31.5 Å². The third-order valence-corrected chi connectivity index (χ3v) is 10.9. The lowest BCUT2D eigenvalue weighted by Crippen LogP contribution is -2.41. The van der Waals surface area contributed by atoms with Crippen LogP contribution in [0.25, 0.3) is 0 Å². The van der Waals surface area contributed by atoms with Gasteiger partial charge in [-0.25, -0.2) is 4.39 Å². The van der Waals surface area contributed by atoms with Crippen LogP contribution in [0, 0.1) is 11.2 Å². The van der Waals surface area contributed by atoms with E-state index in [1.807, 2.05) is 0 Å². The quantitative estimate of drug-likeness (QED) is 0.380. The van der Waals surface area contributed by atoms with Crippen molar-refractivity contribution in [1.82, 2.24) is 5.32 Å². The van der Waals surface area contributed by atoms with Crippen molar-refractivity contribution in [3.63, 3.8) is 0 Å². The van der Waals surface area contributed by atoms with Gasteiger partial charge in [-0.15, -0.1) is 0 Å². The topological polar surface area (TPSA) is 21.3 Å². The van der Waals surface area contributed by atoms with Crippen molar-refractivity contribution in [1.29, 1.82) is 0 Å². The Morgan fingerprint density at radius 1 is 1.08 bits per heavy atom. The molecule has 0 fully saturated rings. The highest BCUT2D eigenvalue weighted by molar-refractivity contribution is 6.73. The summed E-state index contributed by atoms with van der Waals surface area (Å²) in [7, 11) is -1.88. The predicted octanol–water partition coefficient (Wildman–Crippen LogP) is 7.22. The van der Waals surface area contributed by atoms with Crippen molar-refractivity contribution in [2.45, 2.75) is 72.2 Å². The molecule has 0 aliphatic rings. The van der Waals surface area contributed by atoms with E-state index in [1.165, 1.54) is 12.1 Å². The minimum absolute atomic E-state index is 0.204. The second-order valence-corrected chi connectivity index (χ2v) is 13.3. The molecule has 0 spiro atoms. The highest BCUT2D eigenvalue weighted by atomic mass is 35.5. The van der Waals surface area contributed by atoms with E-state index < -0.39 is 14.1 Å². The minimum atomic E-state index is -1.88. The van der Waals surface area contributed by atoms with Crippen LogP contribution < -0.4 is 5.32 Å². The lowest BCUT2D eigenvalue weighted by atomic mass is 9.90. The van der Waals surface area contributed by atoms with E-state index in [2.05, 4.69) is 46.9 Å². The third-order valence-electron chi connectivity index (χ3n) is 5.58. The summed E-state index contributed by atoms with van der Waals surface area (Å²) < 4.78 is 20.4. The molecule has 0 amide bonds. The summed E-state index contributed by atoms with van der Waals surface area (Å²) in [4.78, 5) is 0. The van der Waals surface area contributed by atoms with E-state index >= 15 is 0 Å². The Kier molecular flexibility index (Phi) is 9.58. The van der Waals surface area contributed by atoms with Crippen LogP contribution in [0.5, 0.6) is 0 Å². The first-order valence-corrected chi connectivity index (χ1v) is 12.9. The maximum absolute atomic E-state index is 13.6. The standard InChI is InChI=1S/C20H34Cl2FNOSi/c1-7-20(5,6)14-24-13-18(25-26(8-2,9-3)10-4)19-16(21)11-15(23)12-17(19)22/h11-12,18,24H,7-10,13-14H2,1-6H3. The molecule has 0 saturated carbocycles. The summed E-state index contributed by atoms with van der Waals surface area (Å²) in [6, 6.07) is 5.75. The molecule has 1 aromatic rings. The van der Waals surface area contributed by atoms with Gasteiger partial charge in [-0.2, -0.15) is 0 Å². The predicted molar refractivity (Wildman–Crippen MR) is 114 cm³/mol. The number of hydrogen-bond acceptors (Lipinski definition) is 2. The number of rotatable bonds is 11. The van der Waals surface area contributed by atoms with E-state index in [9.17, 15) is 4.39 Å². The summed E-state index contributed by atoms with van der Waals surface area (Å²) in [5.41, 5.74) is 0.902. The third kappa shape index (κ3) is 6.49. The first kappa shape index (κ1) is 23.9. The molecule has 150 valence electrons. The van der Waals surface area contributed by atoms with Gasteiger partial charge in [0.2, 0.25) is 0 Å². The van der Waals surface area contributed by atoms with Gasteiger partial charge in [-0.05, 0) is 42.1 Å². The Balaban J connectivity index is 3.14. The summed E-state index contributed by atoms with van der Waals surface area (Å²) in [5, 5.41) is 4.20. The zero-order valence-electron chi connectivity index (χ0n) is 17.0. The maximum atomic E-state index is 13.6. The van der Waals surface area contributed by atoms with Crippen molar-refractivity contribution in [2.75, 3.05) is 13.1 Å². The SMILES string of the molecule is CCC(C)(C)CNCC(O[Si](CC)(CC)CC)c1c(Cl)cc(F)cc1Cl. The molecular weight excluding hydrogens is 388 g/mol. The summed E-state index contributed by atoms with van der Waals surface area (Å²) in [6.07, 6.45) is 0.816. The molecule has 0 radical (unpaired) electrons. The molecule has 1 rings (SSSR count). The average molecular weight is 422 g/mol. The van der Waals surface area contributed by atoms with Crippen LogP contribution in [-0.4, -0.2) is 21.4 Å². The highest BCUT2D eigenvalue weighted by Crippen LogP contribution is 2.37. The molecule has 6 heteroatoms. The number of halogens is 3. The maximum Gasteiger partial charge on any atom is 0.192 e. The van der Waals surface area contributed by atoms with Crippen LogP contribution in [0.1, 0.15) is 59.6 Å².